The first-order valence-electron chi connectivity index (χ1n) is 8.78. The number of nitrogens with one attached hydrogen (secondary N) is 1. The average Bonchev–Trinajstić information content (AvgIpc) is 3.35. The van der Waals surface area contributed by atoms with Gasteiger partial charge >= 0.3 is 0 Å². The van der Waals surface area contributed by atoms with Gasteiger partial charge in [0.2, 0.25) is 0 Å². The van der Waals surface area contributed by atoms with Crippen LogP contribution in [0.25, 0.3) is 28.1 Å². The molecule has 138 valence electrons. The summed E-state index contributed by atoms with van der Waals surface area (Å²) in [6.07, 6.45) is 9.57. The minimum absolute atomic E-state index is 0.538. The Kier molecular flexibility index (Phi) is 4.81. The first-order valence-corrected chi connectivity index (χ1v) is 10.1. The van der Waals surface area contributed by atoms with Crippen LogP contribution in [-0.4, -0.2) is 39.7 Å². The van der Waals surface area contributed by atoms with Crippen LogP contribution in [-0.2, 0) is 10.8 Å². The molecule has 0 aliphatic heterocycles. The predicted octanol–water partition coefficient (Wildman–Crippen LogP) is 3.36. The molecule has 1 atom stereocenters. The highest BCUT2D eigenvalue weighted by Crippen LogP contribution is 2.23. The number of rotatable bonds is 6. The van der Waals surface area contributed by atoms with Crippen LogP contribution in [0.5, 0.6) is 0 Å². The number of H-pyrrole nitrogens is 1. The third-order valence-electron chi connectivity index (χ3n) is 4.34. The van der Waals surface area contributed by atoms with Crippen LogP contribution in [0.2, 0.25) is 0 Å². The largest absolute Gasteiger partial charge is 0.300 e. The second kappa shape index (κ2) is 7.40. The Labute approximate surface area is 159 Å². The molecule has 0 saturated heterocycles. The van der Waals surface area contributed by atoms with Gasteiger partial charge in [-0.3, -0.25) is 18.9 Å². The lowest BCUT2D eigenvalue weighted by Gasteiger charge is -2.07. The minimum Gasteiger partial charge on any atom is -0.300 e. The summed E-state index contributed by atoms with van der Waals surface area (Å²) in [5.41, 5.74) is 2.52. The van der Waals surface area contributed by atoms with Gasteiger partial charge < -0.3 is 0 Å². The topological polar surface area (TPSA) is 89.3 Å². The summed E-state index contributed by atoms with van der Waals surface area (Å²) in [6.45, 7) is 4.28. The van der Waals surface area contributed by atoms with E-state index in [0.29, 0.717) is 17.5 Å². The SMILES string of the molecule is CC(C)CC[S@](=O)c1cnc2c(ccn2-c2cncc(-c3ncn[nH]3)c2)c1. The highest BCUT2D eigenvalue weighted by atomic mass is 32.2. The second-order valence-electron chi connectivity index (χ2n) is 6.77. The van der Waals surface area contributed by atoms with Gasteiger partial charge in [0, 0.05) is 35.3 Å². The van der Waals surface area contributed by atoms with Crippen molar-refractivity contribution in [3.8, 4) is 17.1 Å². The van der Waals surface area contributed by atoms with Gasteiger partial charge in [-0.1, -0.05) is 13.8 Å². The normalized spacial score (nSPS) is 12.7. The first-order chi connectivity index (χ1) is 13.1. The fourth-order valence-corrected chi connectivity index (χ4v) is 4.18. The smallest absolute Gasteiger partial charge is 0.157 e. The lowest BCUT2D eigenvalue weighted by atomic mass is 10.2. The number of nitrogens with zero attached hydrogens (tertiary/aromatic N) is 5. The van der Waals surface area contributed by atoms with Crippen molar-refractivity contribution in [3.05, 3.63) is 49.3 Å². The van der Waals surface area contributed by atoms with Crippen LogP contribution in [0.15, 0.2) is 54.2 Å². The van der Waals surface area contributed by atoms with E-state index in [4.69, 9.17) is 0 Å². The summed E-state index contributed by atoms with van der Waals surface area (Å²) in [4.78, 5) is 13.8. The molecule has 0 spiro atoms. The van der Waals surface area contributed by atoms with Crippen molar-refractivity contribution < 1.29 is 4.21 Å². The van der Waals surface area contributed by atoms with Crippen molar-refractivity contribution in [2.24, 2.45) is 5.92 Å². The molecule has 0 saturated carbocycles. The minimum atomic E-state index is -1.02. The summed E-state index contributed by atoms with van der Waals surface area (Å²) in [5.74, 6) is 1.86. The van der Waals surface area contributed by atoms with E-state index in [9.17, 15) is 4.21 Å². The van der Waals surface area contributed by atoms with Gasteiger partial charge in [-0.25, -0.2) is 9.97 Å². The lowest BCUT2D eigenvalue weighted by molar-refractivity contribution is 0.619. The standard InChI is InChI=1S/C19H20N6OS/c1-13(2)4-6-27(26)17-8-14-3-5-25(19(14)21-11-17)16-7-15(9-20-10-16)18-22-12-23-24-18/h3,5,7-13H,4,6H2,1-2H3,(H,22,23,24)/t27-/m0/s1. The third kappa shape index (κ3) is 3.66. The van der Waals surface area contributed by atoms with Gasteiger partial charge in [0.25, 0.3) is 0 Å². The van der Waals surface area contributed by atoms with Gasteiger partial charge in [-0.15, -0.1) is 0 Å². The summed E-state index contributed by atoms with van der Waals surface area (Å²) in [7, 11) is -1.02. The number of aromatic amines is 1. The Balaban J connectivity index is 1.66. The van der Waals surface area contributed by atoms with Crippen LogP contribution >= 0.6 is 0 Å². The zero-order valence-electron chi connectivity index (χ0n) is 15.2. The van der Waals surface area contributed by atoms with Crippen LogP contribution in [0, 0.1) is 5.92 Å². The molecule has 4 aromatic rings. The van der Waals surface area contributed by atoms with E-state index in [-0.39, 0.29) is 0 Å². The van der Waals surface area contributed by atoms with Crippen LogP contribution in [0.4, 0.5) is 0 Å². The molecule has 1 N–H and O–H groups in total. The maximum atomic E-state index is 12.5. The van der Waals surface area contributed by atoms with Gasteiger partial charge in [-0.05, 0) is 30.5 Å². The molecule has 0 bridgehead atoms. The number of pyridine rings is 2. The quantitative estimate of drug-likeness (QED) is 0.554. The fraction of sp³-hybridized carbons (Fsp3) is 0.263. The molecular formula is C19H20N6OS. The highest BCUT2D eigenvalue weighted by molar-refractivity contribution is 7.85. The predicted molar refractivity (Wildman–Crippen MR) is 105 cm³/mol. The van der Waals surface area contributed by atoms with Gasteiger partial charge in [0.15, 0.2) is 5.82 Å². The monoisotopic (exact) mass is 380 g/mol. The van der Waals surface area contributed by atoms with E-state index in [1.807, 2.05) is 29.0 Å². The van der Waals surface area contributed by atoms with Crippen LogP contribution < -0.4 is 0 Å². The Bertz CT molecular complexity index is 1090. The fourth-order valence-electron chi connectivity index (χ4n) is 2.83. The summed E-state index contributed by atoms with van der Waals surface area (Å²) in [6, 6.07) is 5.92. The number of fused-ring (bicyclic) bond motifs is 1. The van der Waals surface area contributed by atoms with Crippen LogP contribution in [0.1, 0.15) is 20.3 Å². The summed E-state index contributed by atoms with van der Waals surface area (Å²) in [5, 5.41) is 7.68. The number of hydrogen-bond acceptors (Lipinski definition) is 5. The lowest BCUT2D eigenvalue weighted by Crippen LogP contribution is -2.02. The van der Waals surface area contributed by atoms with Crippen LogP contribution in [0.3, 0.4) is 0 Å². The van der Waals surface area contributed by atoms with Crippen molar-refractivity contribution in [1.29, 1.82) is 0 Å². The molecule has 4 rings (SSSR count). The van der Waals surface area contributed by atoms with Gasteiger partial charge in [0.05, 0.1) is 27.6 Å². The Morgan fingerprint density at radius 1 is 1.19 bits per heavy atom. The molecule has 0 aliphatic carbocycles. The molecule has 0 radical (unpaired) electrons. The first kappa shape index (κ1) is 17.5. The molecule has 8 heteroatoms. The summed E-state index contributed by atoms with van der Waals surface area (Å²) >= 11 is 0. The van der Waals surface area contributed by atoms with E-state index >= 15 is 0 Å². The van der Waals surface area contributed by atoms with E-state index in [1.165, 1.54) is 6.33 Å². The van der Waals surface area contributed by atoms with E-state index in [1.54, 1.807) is 18.6 Å². The molecule has 4 aromatic heterocycles. The number of aromatic nitrogens is 6. The molecule has 0 amide bonds. The molecule has 0 fully saturated rings. The van der Waals surface area contributed by atoms with Crippen molar-refractivity contribution in [2.45, 2.75) is 25.2 Å². The second-order valence-corrected chi connectivity index (χ2v) is 8.34. The molecule has 0 aromatic carbocycles. The third-order valence-corrected chi connectivity index (χ3v) is 5.69. The highest BCUT2D eigenvalue weighted by Gasteiger charge is 2.11. The molecule has 0 aliphatic rings. The molecule has 7 nitrogen and oxygen atoms in total. The Hall–Kier alpha value is -2.87. The molecule has 4 heterocycles. The van der Waals surface area contributed by atoms with E-state index in [0.717, 1.165) is 33.6 Å². The Morgan fingerprint density at radius 2 is 2.07 bits per heavy atom. The van der Waals surface area contributed by atoms with E-state index in [2.05, 4.69) is 39.0 Å². The molecule has 0 unspecified atom stereocenters. The molecule has 27 heavy (non-hydrogen) atoms. The maximum absolute atomic E-state index is 12.5. The molecular weight excluding hydrogens is 360 g/mol. The van der Waals surface area contributed by atoms with Crippen molar-refractivity contribution in [2.75, 3.05) is 5.75 Å². The van der Waals surface area contributed by atoms with Crippen molar-refractivity contribution in [3.63, 3.8) is 0 Å². The zero-order chi connectivity index (χ0) is 18.8. The zero-order valence-corrected chi connectivity index (χ0v) is 16.0. The average molecular weight is 380 g/mol. The van der Waals surface area contributed by atoms with E-state index < -0.39 is 10.8 Å². The Morgan fingerprint density at radius 3 is 2.85 bits per heavy atom. The van der Waals surface area contributed by atoms with Gasteiger partial charge in [0.1, 0.15) is 12.0 Å². The van der Waals surface area contributed by atoms with Crippen molar-refractivity contribution >= 4 is 21.8 Å². The number of hydrogen-bond donors (Lipinski definition) is 1. The maximum Gasteiger partial charge on any atom is 0.157 e. The van der Waals surface area contributed by atoms with Crippen molar-refractivity contribution in [1.82, 2.24) is 29.7 Å². The van der Waals surface area contributed by atoms with Gasteiger partial charge in [-0.2, -0.15) is 5.10 Å². The summed E-state index contributed by atoms with van der Waals surface area (Å²) < 4.78 is 14.4.